The van der Waals surface area contributed by atoms with Crippen LogP contribution in [0.2, 0.25) is 0 Å². The summed E-state index contributed by atoms with van der Waals surface area (Å²) in [5.41, 5.74) is 27.5. The van der Waals surface area contributed by atoms with E-state index < -0.39 is 0 Å². The summed E-state index contributed by atoms with van der Waals surface area (Å²) in [5.74, 6) is 2.55. The average Bonchev–Trinajstić information content (AvgIpc) is 3.90. The fourth-order valence-electron chi connectivity index (χ4n) is 11.0. The minimum Gasteiger partial charge on any atom is -0.367 e. The second-order valence-corrected chi connectivity index (χ2v) is 17.8. The molecule has 6 aromatic heterocycles. The van der Waals surface area contributed by atoms with Crippen molar-refractivity contribution in [2.75, 3.05) is 0 Å². The molecule has 0 spiro atoms. The molecule has 4 aromatic carbocycles. The lowest BCUT2D eigenvalue weighted by Gasteiger charge is -2.16. The van der Waals surface area contributed by atoms with Gasteiger partial charge in [-0.1, -0.05) is 7.05 Å². The zero-order chi connectivity index (χ0) is 41.2. The first-order valence-corrected chi connectivity index (χ1v) is 20.6. The molecule has 8 nitrogen and oxygen atoms in total. The SMILES string of the molecule is [CH2-][n+]1c2nc3c4c(C)c(C)c(C)c(C)c4c4nc5c6c(C)c(C)c(C)c(C)c6c6nc7c8c(C)c(C)c(C)c(C)c8c(nc1-c1c(C)c(C)c(C)c(C)c1-2)n7[c-](n34)[n+]56. The lowest BCUT2D eigenvalue weighted by atomic mass is 9.89. The Kier molecular flexibility index (Phi) is 6.50. The van der Waals surface area contributed by atoms with E-state index in [0.717, 1.165) is 94.8 Å². The predicted octanol–water partition coefficient (Wildman–Crippen LogP) is 10.5. The highest BCUT2D eigenvalue weighted by molar-refractivity contribution is 6.16. The summed E-state index contributed by atoms with van der Waals surface area (Å²) in [6.45, 7) is 36.0. The van der Waals surface area contributed by atoms with E-state index in [4.69, 9.17) is 27.0 Å². The van der Waals surface area contributed by atoms with Crippen LogP contribution in [0.3, 0.4) is 0 Å². The first-order chi connectivity index (χ1) is 27.4. The molecule has 0 saturated heterocycles. The van der Waals surface area contributed by atoms with E-state index in [0.29, 0.717) is 0 Å². The molecule has 0 radical (unpaired) electrons. The van der Waals surface area contributed by atoms with Crippen molar-refractivity contribution in [1.82, 2.24) is 28.7 Å². The summed E-state index contributed by atoms with van der Waals surface area (Å²) in [6.07, 6.45) is 0. The summed E-state index contributed by atoms with van der Waals surface area (Å²) in [5, 5.41) is 6.83. The third kappa shape index (κ3) is 3.62. The summed E-state index contributed by atoms with van der Waals surface area (Å²) >= 11 is 0. The molecule has 2 bridgehead atoms. The molecular weight excluding hydrogens is 713 g/mol. The van der Waals surface area contributed by atoms with E-state index in [2.05, 4.69) is 124 Å². The van der Waals surface area contributed by atoms with Gasteiger partial charge in [0, 0.05) is 32.3 Å². The maximum atomic E-state index is 5.86. The van der Waals surface area contributed by atoms with E-state index in [9.17, 15) is 0 Å². The molecule has 0 amide bonds. The van der Waals surface area contributed by atoms with E-state index in [1.165, 1.54) is 89.0 Å². The normalized spacial score (nSPS) is 12.9. The van der Waals surface area contributed by atoms with Crippen LogP contribution in [-0.4, -0.2) is 28.7 Å². The van der Waals surface area contributed by atoms with Crippen molar-refractivity contribution in [1.29, 1.82) is 0 Å². The average molecular weight is 763 g/mol. The standard InChI is InChI=1S/C50H50N8/c1-18-19(2)27(10)35-34(26(18)9)42-51-44-36-28(11)20(3)22(5)30(13)38(36)46-53-48-40-32(15)24(7)25(8)33(16)41(40)49-54-47-39-31(14)23(6)21(4)29(12)37(39)45(52-43(35)55(42)17)57(47)50(56(44)46)58(48)49/h17H2,1-16H3. The summed E-state index contributed by atoms with van der Waals surface area (Å²) in [4.78, 5) is 23.3. The smallest absolute Gasteiger partial charge is 0.256 e. The number of rotatable bonds is 0. The van der Waals surface area contributed by atoms with Crippen LogP contribution in [0.5, 0.6) is 0 Å². The minimum atomic E-state index is 0.808. The van der Waals surface area contributed by atoms with Gasteiger partial charge < -0.3 is 4.57 Å². The van der Waals surface area contributed by atoms with Crippen LogP contribution < -0.4 is 8.97 Å². The lowest BCUT2D eigenvalue weighted by molar-refractivity contribution is -0.590. The number of hydrogen-bond acceptors (Lipinski definition) is 4. The van der Waals surface area contributed by atoms with Gasteiger partial charge in [0.1, 0.15) is 0 Å². The van der Waals surface area contributed by atoms with Crippen molar-refractivity contribution in [3.05, 3.63) is 96.1 Å². The van der Waals surface area contributed by atoms with Gasteiger partial charge in [-0.3, -0.25) is 4.40 Å². The summed E-state index contributed by atoms with van der Waals surface area (Å²) < 4.78 is 9.01. The van der Waals surface area contributed by atoms with Crippen LogP contribution in [0.1, 0.15) is 89.0 Å². The Labute approximate surface area is 338 Å². The van der Waals surface area contributed by atoms with Gasteiger partial charge in [-0.2, -0.15) is 19.9 Å². The largest absolute Gasteiger partial charge is 0.367 e. The fraction of sp³-hybridized carbons (Fsp3) is 0.320. The molecular formula is C50H50N8. The third-order valence-corrected chi connectivity index (χ3v) is 15.8. The maximum absolute atomic E-state index is 5.86. The van der Waals surface area contributed by atoms with E-state index in [-0.39, 0.29) is 0 Å². The highest BCUT2D eigenvalue weighted by Gasteiger charge is 2.34. The zero-order valence-corrected chi connectivity index (χ0v) is 36.8. The Morgan fingerprint density at radius 3 is 0.914 bits per heavy atom. The van der Waals surface area contributed by atoms with Crippen molar-refractivity contribution in [3.63, 3.8) is 0 Å². The van der Waals surface area contributed by atoms with Crippen LogP contribution in [-0.2, 0) is 0 Å². The van der Waals surface area contributed by atoms with Gasteiger partial charge in [-0.05, 0) is 211 Å². The molecule has 7 heterocycles. The third-order valence-electron chi connectivity index (χ3n) is 15.8. The van der Waals surface area contributed by atoms with Crippen molar-refractivity contribution in [2.45, 2.75) is 111 Å². The Balaban J connectivity index is 1.64. The van der Waals surface area contributed by atoms with Crippen molar-refractivity contribution in [2.24, 2.45) is 0 Å². The highest BCUT2D eigenvalue weighted by Crippen LogP contribution is 2.45. The molecule has 0 atom stereocenters. The van der Waals surface area contributed by atoms with E-state index in [1.54, 1.807) is 0 Å². The number of aryl methyl sites for hydroxylation is 6. The van der Waals surface area contributed by atoms with Crippen molar-refractivity contribution in [3.8, 4) is 22.8 Å². The number of nitrogens with zero attached hydrogens (tertiary/aromatic N) is 8. The first kappa shape index (κ1) is 35.2. The Bertz CT molecular complexity index is 3490. The number of fused-ring (bicyclic) bond motifs is 14. The van der Waals surface area contributed by atoms with Crippen LogP contribution in [0.15, 0.2) is 0 Å². The van der Waals surface area contributed by atoms with Gasteiger partial charge in [0.25, 0.3) is 5.78 Å². The molecule has 58 heavy (non-hydrogen) atoms. The predicted molar refractivity (Wildman–Crippen MR) is 237 cm³/mol. The van der Waals surface area contributed by atoms with E-state index >= 15 is 0 Å². The van der Waals surface area contributed by atoms with Crippen LogP contribution >= 0.6 is 0 Å². The number of hydrogen-bond donors (Lipinski definition) is 0. The Hall–Kier alpha value is -6.02. The second kappa shape index (κ2) is 10.7. The zero-order valence-electron chi connectivity index (χ0n) is 36.8. The molecule has 0 aliphatic carbocycles. The van der Waals surface area contributed by atoms with Gasteiger partial charge in [-0.25, -0.2) is 8.80 Å². The second-order valence-electron chi connectivity index (χ2n) is 17.8. The van der Waals surface area contributed by atoms with Gasteiger partial charge in [0.15, 0.2) is 34.2 Å². The Morgan fingerprint density at radius 2 is 0.603 bits per heavy atom. The first-order valence-electron chi connectivity index (χ1n) is 20.6. The Morgan fingerprint density at radius 1 is 0.345 bits per heavy atom. The van der Waals surface area contributed by atoms with Crippen LogP contribution in [0, 0.1) is 118 Å². The maximum Gasteiger partial charge on any atom is 0.256 e. The molecule has 290 valence electrons. The molecule has 11 rings (SSSR count). The highest BCUT2D eigenvalue weighted by atomic mass is 15.3. The lowest BCUT2D eigenvalue weighted by Crippen LogP contribution is -2.31. The molecule has 1 aliphatic rings. The summed E-state index contributed by atoms with van der Waals surface area (Å²) in [6, 6.07) is 0. The van der Waals surface area contributed by atoms with Crippen LogP contribution in [0.4, 0.5) is 0 Å². The van der Waals surface area contributed by atoms with Gasteiger partial charge in [0.2, 0.25) is 11.3 Å². The van der Waals surface area contributed by atoms with Crippen LogP contribution in [0.25, 0.3) is 94.8 Å². The molecule has 8 heteroatoms. The quantitative estimate of drug-likeness (QED) is 0.114. The number of aromatic nitrogens is 8. The molecule has 1 aliphatic heterocycles. The molecule has 10 aromatic rings. The molecule has 0 fully saturated rings. The number of benzene rings is 4. The monoisotopic (exact) mass is 762 g/mol. The van der Waals surface area contributed by atoms with Crippen molar-refractivity contribution < 1.29 is 8.97 Å². The molecule has 0 unspecified atom stereocenters. The minimum absolute atomic E-state index is 0.808. The van der Waals surface area contributed by atoms with Gasteiger partial charge in [-0.15, -0.1) is 0 Å². The van der Waals surface area contributed by atoms with E-state index in [1.807, 2.05) is 4.57 Å². The fourth-order valence-corrected chi connectivity index (χ4v) is 11.0. The summed E-state index contributed by atoms with van der Waals surface area (Å²) in [7, 11) is 4.78. The van der Waals surface area contributed by atoms with Crippen molar-refractivity contribution >= 4 is 72.0 Å². The van der Waals surface area contributed by atoms with Gasteiger partial charge in [0.05, 0.1) is 0 Å². The molecule has 0 N–H and O–H groups in total. The molecule has 0 saturated carbocycles. The van der Waals surface area contributed by atoms with Gasteiger partial charge >= 0.3 is 0 Å². The topological polar surface area (TPSA) is 68.4 Å².